The van der Waals surface area contributed by atoms with Crippen molar-refractivity contribution in [3.8, 4) is 11.5 Å². The Morgan fingerprint density at radius 3 is 2.20 bits per heavy atom. The molecule has 1 aromatic heterocycles. The molecule has 0 fully saturated rings. The second-order valence-electron chi connectivity index (χ2n) is 8.72. The van der Waals surface area contributed by atoms with Crippen molar-refractivity contribution in [3.63, 3.8) is 0 Å². The Labute approximate surface area is 239 Å². The van der Waals surface area contributed by atoms with E-state index in [2.05, 4.69) is 20.6 Å². The normalized spacial score (nSPS) is 12.6. The van der Waals surface area contributed by atoms with E-state index in [0.717, 1.165) is 0 Å². The Hall–Kier alpha value is -4.96. The molecule has 0 aliphatic heterocycles. The van der Waals surface area contributed by atoms with Gasteiger partial charge < -0.3 is 15.4 Å². The molecule has 2 amide bonds. The number of anilines is 1. The topological polar surface area (TPSA) is 110 Å². The van der Waals surface area contributed by atoms with Crippen molar-refractivity contribution in [3.05, 3.63) is 126 Å². The van der Waals surface area contributed by atoms with Crippen LogP contribution in [-0.4, -0.2) is 39.4 Å². The number of nitrogens with zero attached hydrogens (tertiary/aromatic N) is 2. The largest absolute Gasteiger partial charge is 0.457 e. The number of nitrogens with one attached hydrogen (secondary N) is 2. The van der Waals surface area contributed by atoms with Gasteiger partial charge in [-0.1, -0.05) is 42.5 Å². The average Bonchev–Trinajstić information content (AvgIpc) is 2.98. The van der Waals surface area contributed by atoms with E-state index in [-0.39, 0.29) is 22.3 Å². The number of rotatable bonds is 8. The second-order valence-corrected chi connectivity index (χ2v) is 10.2. The van der Waals surface area contributed by atoms with Crippen LogP contribution in [0.1, 0.15) is 28.5 Å². The molecule has 0 radical (unpaired) electrons. The first-order valence-electron chi connectivity index (χ1n) is 12.5. The number of hydrogen-bond acceptors (Lipinski definition) is 6. The number of carbonyl (C=O) groups is 2. The highest BCUT2D eigenvalue weighted by molar-refractivity contribution is 7.99. The molecule has 0 aliphatic carbocycles. The maximum absolute atomic E-state index is 13.8. The monoisotopic (exact) mass is 570 g/mol. The number of pyridine rings is 1. The first-order valence-corrected chi connectivity index (χ1v) is 14.0. The van der Waals surface area contributed by atoms with Gasteiger partial charge in [-0.2, -0.15) is 0 Å². The lowest BCUT2D eigenvalue weighted by Crippen LogP contribution is -2.18. The summed E-state index contributed by atoms with van der Waals surface area (Å²) in [4.78, 5) is 34.1. The van der Waals surface area contributed by atoms with E-state index in [0.29, 0.717) is 33.9 Å². The van der Waals surface area contributed by atoms with E-state index in [9.17, 15) is 18.2 Å². The Bertz CT molecular complexity index is 1640. The summed E-state index contributed by atoms with van der Waals surface area (Å²) in [6, 6.07) is 24.6. The summed E-state index contributed by atoms with van der Waals surface area (Å²) in [5.41, 5.74) is 2.40. The molecule has 1 heterocycles. The van der Waals surface area contributed by atoms with Crippen molar-refractivity contribution in [1.82, 2.24) is 10.3 Å². The number of ether oxygens (including phenoxy) is 1. The number of halogens is 1. The molecule has 0 spiro atoms. The van der Waals surface area contributed by atoms with Gasteiger partial charge in [0.25, 0.3) is 11.8 Å². The third kappa shape index (κ3) is 7.58. The maximum Gasteiger partial charge on any atom is 0.274 e. The van der Waals surface area contributed by atoms with Crippen LogP contribution in [0.2, 0.25) is 0 Å². The fraction of sp³-hybridized carbons (Fsp3) is 0.0968. The highest BCUT2D eigenvalue weighted by Gasteiger charge is 2.20. The van der Waals surface area contributed by atoms with Gasteiger partial charge in [-0.3, -0.25) is 18.8 Å². The minimum atomic E-state index is -1.43. The summed E-state index contributed by atoms with van der Waals surface area (Å²) in [6.07, 6.45) is 2.95. The summed E-state index contributed by atoms with van der Waals surface area (Å²) in [5, 5.41) is 5.61. The second kappa shape index (κ2) is 13.4. The van der Waals surface area contributed by atoms with E-state index >= 15 is 0 Å². The van der Waals surface area contributed by atoms with Gasteiger partial charge in [0, 0.05) is 36.8 Å². The lowest BCUT2D eigenvalue weighted by molar-refractivity contribution is -0.112. The SMILES string of the molecule is CNC(=O)c1cc(Oc2ccc(NC(=O)/C(N=C(C)S(C)=O)=C(/c3ccccc3)c3ccc(F)cc3)cc2)ccn1. The molecule has 0 aliphatic rings. The van der Waals surface area contributed by atoms with Gasteiger partial charge in [-0.15, -0.1) is 0 Å². The van der Waals surface area contributed by atoms with Crippen molar-refractivity contribution in [2.45, 2.75) is 6.92 Å². The minimum Gasteiger partial charge on any atom is -0.457 e. The van der Waals surface area contributed by atoms with Gasteiger partial charge in [0.05, 0.1) is 10.8 Å². The summed E-state index contributed by atoms with van der Waals surface area (Å²) in [7, 11) is 0.0906. The summed E-state index contributed by atoms with van der Waals surface area (Å²) < 4.78 is 31.8. The van der Waals surface area contributed by atoms with Gasteiger partial charge in [0.2, 0.25) is 0 Å². The predicted octanol–water partition coefficient (Wildman–Crippen LogP) is 5.57. The molecular formula is C31H27FN4O4S. The van der Waals surface area contributed by atoms with Crippen LogP contribution < -0.4 is 15.4 Å². The van der Waals surface area contributed by atoms with Crippen molar-refractivity contribution >= 4 is 38.9 Å². The zero-order chi connectivity index (χ0) is 29.4. The molecule has 2 N–H and O–H groups in total. The number of aliphatic imine (C=N–C) groups is 1. The molecule has 41 heavy (non-hydrogen) atoms. The highest BCUT2D eigenvalue weighted by Crippen LogP contribution is 2.30. The quantitative estimate of drug-likeness (QED) is 0.164. The Morgan fingerprint density at radius 1 is 0.902 bits per heavy atom. The lowest BCUT2D eigenvalue weighted by atomic mass is 9.95. The number of hydrogen-bond donors (Lipinski definition) is 2. The van der Waals surface area contributed by atoms with Crippen molar-refractivity contribution in [2.75, 3.05) is 18.6 Å². The van der Waals surface area contributed by atoms with Crippen LogP contribution in [0.3, 0.4) is 0 Å². The van der Waals surface area contributed by atoms with Crippen molar-refractivity contribution < 1.29 is 22.9 Å². The molecule has 3 aromatic carbocycles. The standard InChI is InChI=1S/C31H27FN4O4S/c1-20(41(3)39)35-29(28(21-7-5-4-6-8-21)22-9-11-23(32)12-10-22)31(38)36-24-13-15-25(16-14-24)40-26-17-18-34-27(19-26)30(37)33-2/h4-19H,1-3H3,(H,33,37)(H,36,38)/b29-28+,35-20?. The van der Waals surface area contributed by atoms with E-state index in [1.807, 2.05) is 30.3 Å². The zero-order valence-corrected chi connectivity index (χ0v) is 23.4. The molecule has 10 heteroatoms. The maximum atomic E-state index is 13.8. The third-order valence-corrected chi connectivity index (χ3v) is 6.79. The third-order valence-electron chi connectivity index (χ3n) is 5.87. The van der Waals surface area contributed by atoms with E-state index in [1.165, 1.54) is 37.7 Å². The Balaban J connectivity index is 1.68. The number of benzene rings is 3. The van der Waals surface area contributed by atoms with Crippen LogP contribution in [0, 0.1) is 5.82 Å². The summed E-state index contributed by atoms with van der Waals surface area (Å²) in [5.74, 6) is -0.404. The number of aromatic nitrogens is 1. The summed E-state index contributed by atoms with van der Waals surface area (Å²) in [6.45, 7) is 1.58. The summed E-state index contributed by atoms with van der Waals surface area (Å²) >= 11 is 0. The molecule has 1 unspecified atom stereocenters. The molecule has 208 valence electrons. The molecular weight excluding hydrogens is 543 g/mol. The van der Waals surface area contributed by atoms with Crippen molar-refractivity contribution in [1.29, 1.82) is 0 Å². The molecule has 8 nitrogen and oxygen atoms in total. The first-order chi connectivity index (χ1) is 19.7. The first kappa shape index (κ1) is 29.0. The highest BCUT2D eigenvalue weighted by atomic mass is 32.2. The average molecular weight is 571 g/mol. The lowest BCUT2D eigenvalue weighted by Gasteiger charge is -2.15. The Morgan fingerprint density at radius 2 is 1.56 bits per heavy atom. The number of amides is 2. The van der Waals surface area contributed by atoms with Crippen LogP contribution >= 0.6 is 0 Å². The van der Waals surface area contributed by atoms with E-state index in [1.54, 1.807) is 49.4 Å². The van der Waals surface area contributed by atoms with E-state index < -0.39 is 22.5 Å². The van der Waals surface area contributed by atoms with Crippen LogP contribution in [0.4, 0.5) is 10.1 Å². The Kier molecular flexibility index (Phi) is 9.49. The van der Waals surface area contributed by atoms with Crippen LogP contribution in [0.25, 0.3) is 5.57 Å². The smallest absolute Gasteiger partial charge is 0.274 e. The number of carbonyl (C=O) groups excluding carboxylic acids is 2. The zero-order valence-electron chi connectivity index (χ0n) is 22.6. The molecule has 0 saturated heterocycles. The van der Waals surface area contributed by atoms with Gasteiger partial charge >= 0.3 is 0 Å². The van der Waals surface area contributed by atoms with Gasteiger partial charge in [-0.05, 0) is 60.5 Å². The van der Waals surface area contributed by atoms with E-state index in [4.69, 9.17) is 4.74 Å². The predicted molar refractivity (Wildman–Crippen MR) is 159 cm³/mol. The van der Waals surface area contributed by atoms with Gasteiger partial charge in [0.15, 0.2) is 0 Å². The molecule has 1 atom stereocenters. The van der Waals surface area contributed by atoms with Crippen LogP contribution in [0.15, 0.2) is 108 Å². The minimum absolute atomic E-state index is 0.0225. The van der Waals surface area contributed by atoms with Gasteiger partial charge in [0.1, 0.15) is 33.8 Å². The molecule has 0 saturated carbocycles. The van der Waals surface area contributed by atoms with Crippen molar-refractivity contribution in [2.24, 2.45) is 4.99 Å². The molecule has 4 aromatic rings. The van der Waals surface area contributed by atoms with Gasteiger partial charge in [-0.25, -0.2) is 9.38 Å². The molecule has 0 bridgehead atoms. The van der Waals surface area contributed by atoms with Crippen LogP contribution in [0.5, 0.6) is 11.5 Å². The van der Waals surface area contributed by atoms with Crippen LogP contribution in [-0.2, 0) is 15.6 Å². The fourth-order valence-corrected chi connectivity index (χ4v) is 3.98. The fourth-order valence-electron chi connectivity index (χ4n) is 3.76. The molecule has 4 rings (SSSR count).